The van der Waals surface area contributed by atoms with E-state index in [-0.39, 0.29) is 36.9 Å². The molecule has 3 atom stereocenters. The van der Waals surface area contributed by atoms with Gasteiger partial charge in [-0.25, -0.2) is 4.79 Å². The van der Waals surface area contributed by atoms with E-state index in [0.29, 0.717) is 19.3 Å². The Morgan fingerprint density at radius 3 is 2.31 bits per heavy atom. The topological polar surface area (TPSA) is 105 Å². The lowest BCUT2D eigenvalue weighted by Gasteiger charge is -2.28. The van der Waals surface area contributed by atoms with Crippen LogP contribution in [0.3, 0.4) is 0 Å². The number of rotatable bonds is 9. The maximum atomic E-state index is 12.7. The quantitative estimate of drug-likeness (QED) is 0.478. The molecule has 1 saturated carbocycles. The van der Waals surface area contributed by atoms with Gasteiger partial charge in [0.15, 0.2) is 0 Å². The van der Waals surface area contributed by atoms with Crippen LogP contribution in [0.25, 0.3) is 11.1 Å². The second-order valence-corrected chi connectivity index (χ2v) is 9.63. The summed E-state index contributed by atoms with van der Waals surface area (Å²) in [6, 6.07) is 15.9. The molecule has 7 nitrogen and oxygen atoms in total. The largest absolute Gasteiger partial charge is 0.481 e. The van der Waals surface area contributed by atoms with E-state index in [1.165, 1.54) is 11.1 Å². The Balaban J connectivity index is 1.31. The van der Waals surface area contributed by atoms with Gasteiger partial charge in [-0.05, 0) is 47.9 Å². The zero-order chi connectivity index (χ0) is 24.8. The van der Waals surface area contributed by atoms with Crippen LogP contribution in [0, 0.1) is 5.92 Å². The van der Waals surface area contributed by atoms with Gasteiger partial charge in [-0.3, -0.25) is 9.59 Å². The van der Waals surface area contributed by atoms with Crippen molar-refractivity contribution >= 4 is 18.0 Å². The molecule has 0 heterocycles. The monoisotopic (exact) mass is 478 g/mol. The zero-order valence-corrected chi connectivity index (χ0v) is 20.2. The molecule has 1 fully saturated rings. The maximum Gasteiger partial charge on any atom is 0.407 e. The average molecular weight is 479 g/mol. The molecular weight excluding hydrogens is 444 g/mol. The molecule has 0 aromatic heterocycles. The van der Waals surface area contributed by atoms with Crippen molar-refractivity contribution in [2.45, 2.75) is 69.9 Å². The van der Waals surface area contributed by atoms with Gasteiger partial charge in [0.1, 0.15) is 6.61 Å². The third kappa shape index (κ3) is 6.02. The Hall–Kier alpha value is -3.35. The highest BCUT2D eigenvalue weighted by Gasteiger charge is 2.30. The molecule has 2 aromatic carbocycles. The van der Waals surface area contributed by atoms with Crippen molar-refractivity contribution in [1.82, 2.24) is 10.6 Å². The molecular formula is C28H34N2O5. The lowest BCUT2D eigenvalue weighted by atomic mass is 9.85. The highest BCUT2D eigenvalue weighted by atomic mass is 16.5. The van der Waals surface area contributed by atoms with E-state index >= 15 is 0 Å². The minimum atomic E-state index is -0.801. The molecule has 7 heteroatoms. The Bertz CT molecular complexity index is 1020. The molecule has 186 valence electrons. The number of amides is 2. The SMILES string of the molecule is CCCC(CC(=O)N[C@@H]1CCC[C@H](C(=O)O)C1)NC(=O)OCC1c2ccccc2-c2ccccc21. The van der Waals surface area contributed by atoms with Crippen LogP contribution >= 0.6 is 0 Å². The number of carbonyl (C=O) groups is 3. The van der Waals surface area contributed by atoms with Crippen LogP contribution in [0.4, 0.5) is 4.79 Å². The number of nitrogens with one attached hydrogen (secondary N) is 2. The zero-order valence-electron chi connectivity index (χ0n) is 20.2. The second-order valence-electron chi connectivity index (χ2n) is 9.63. The molecule has 2 amide bonds. The van der Waals surface area contributed by atoms with Crippen molar-refractivity contribution in [3.8, 4) is 11.1 Å². The summed E-state index contributed by atoms with van der Waals surface area (Å²) in [6.45, 7) is 2.23. The fourth-order valence-electron chi connectivity index (χ4n) is 5.44. The summed E-state index contributed by atoms with van der Waals surface area (Å²) in [5, 5.41) is 15.1. The van der Waals surface area contributed by atoms with Gasteiger partial charge in [0.2, 0.25) is 5.91 Å². The summed E-state index contributed by atoms with van der Waals surface area (Å²) in [5.74, 6) is -1.39. The number of hydrogen-bond donors (Lipinski definition) is 3. The number of carboxylic acids is 1. The Morgan fingerprint density at radius 1 is 1.03 bits per heavy atom. The highest BCUT2D eigenvalue weighted by Crippen LogP contribution is 2.44. The Labute approximate surface area is 206 Å². The van der Waals surface area contributed by atoms with Crippen LogP contribution in [0.5, 0.6) is 0 Å². The van der Waals surface area contributed by atoms with Crippen LogP contribution in [0.1, 0.15) is 68.9 Å². The third-order valence-electron chi connectivity index (χ3n) is 7.12. The third-order valence-corrected chi connectivity index (χ3v) is 7.12. The molecule has 1 unspecified atom stereocenters. The fourth-order valence-corrected chi connectivity index (χ4v) is 5.44. The van der Waals surface area contributed by atoms with Crippen LogP contribution in [0.15, 0.2) is 48.5 Å². The van der Waals surface area contributed by atoms with E-state index in [2.05, 4.69) is 34.9 Å². The van der Waals surface area contributed by atoms with Gasteiger partial charge in [-0.1, -0.05) is 68.3 Å². The van der Waals surface area contributed by atoms with Crippen molar-refractivity contribution in [3.05, 3.63) is 59.7 Å². The van der Waals surface area contributed by atoms with E-state index in [4.69, 9.17) is 4.74 Å². The molecule has 0 radical (unpaired) electrons. The molecule has 2 aromatic rings. The Morgan fingerprint density at radius 2 is 1.69 bits per heavy atom. The lowest BCUT2D eigenvalue weighted by Crippen LogP contribution is -2.44. The van der Waals surface area contributed by atoms with Gasteiger partial charge in [0.05, 0.1) is 5.92 Å². The van der Waals surface area contributed by atoms with Gasteiger partial charge in [0.25, 0.3) is 0 Å². The first-order valence-electron chi connectivity index (χ1n) is 12.6. The van der Waals surface area contributed by atoms with Crippen molar-refractivity contribution in [2.75, 3.05) is 6.61 Å². The minimum absolute atomic E-state index is 0.0189. The molecule has 0 bridgehead atoms. The first kappa shape index (κ1) is 24.8. The summed E-state index contributed by atoms with van der Waals surface area (Å²) >= 11 is 0. The maximum absolute atomic E-state index is 12.7. The number of carboxylic acid groups (broad SMARTS) is 1. The van der Waals surface area contributed by atoms with Crippen LogP contribution in [0.2, 0.25) is 0 Å². The average Bonchev–Trinajstić information content (AvgIpc) is 3.16. The predicted octanol–water partition coefficient (Wildman–Crippen LogP) is 4.84. The molecule has 2 aliphatic rings. The smallest absolute Gasteiger partial charge is 0.407 e. The number of fused-ring (bicyclic) bond motifs is 3. The standard InChI is InChI=1S/C28H34N2O5/c1-2-8-19(16-26(31)29-20-10-7-9-18(15-20)27(32)33)30-28(34)35-17-25-23-13-5-3-11-21(23)22-12-4-6-14-24(22)25/h3-6,11-14,18-20,25H,2,7-10,15-17H2,1H3,(H,29,31)(H,30,34)(H,32,33)/t18-,19?,20+/m0/s1. The number of alkyl carbamates (subject to hydrolysis) is 1. The van der Waals surface area contributed by atoms with Gasteiger partial charge in [0, 0.05) is 24.4 Å². The predicted molar refractivity (Wildman–Crippen MR) is 133 cm³/mol. The fraction of sp³-hybridized carbons (Fsp3) is 0.464. The number of hydrogen-bond acceptors (Lipinski definition) is 4. The lowest BCUT2D eigenvalue weighted by molar-refractivity contribution is -0.143. The molecule has 35 heavy (non-hydrogen) atoms. The summed E-state index contributed by atoms with van der Waals surface area (Å²) in [7, 11) is 0. The minimum Gasteiger partial charge on any atom is -0.481 e. The first-order chi connectivity index (χ1) is 17.0. The number of benzene rings is 2. The van der Waals surface area contributed by atoms with Crippen molar-refractivity contribution in [3.63, 3.8) is 0 Å². The van der Waals surface area contributed by atoms with Gasteiger partial charge < -0.3 is 20.5 Å². The molecule has 2 aliphatic carbocycles. The van der Waals surface area contributed by atoms with Crippen molar-refractivity contribution in [2.24, 2.45) is 5.92 Å². The van der Waals surface area contributed by atoms with E-state index in [1.54, 1.807) is 0 Å². The molecule has 3 N–H and O–H groups in total. The van der Waals surface area contributed by atoms with Gasteiger partial charge in [-0.2, -0.15) is 0 Å². The molecule has 0 spiro atoms. The number of carbonyl (C=O) groups excluding carboxylic acids is 2. The summed E-state index contributed by atoms with van der Waals surface area (Å²) in [4.78, 5) is 36.6. The van der Waals surface area contributed by atoms with E-state index in [9.17, 15) is 19.5 Å². The second kappa shape index (κ2) is 11.4. The van der Waals surface area contributed by atoms with E-state index < -0.39 is 18.0 Å². The van der Waals surface area contributed by atoms with Crippen molar-refractivity contribution < 1.29 is 24.2 Å². The first-order valence-corrected chi connectivity index (χ1v) is 12.6. The van der Waals surface area contributed by atoms with Gasteiger partial charge >= 0.3 is 12.1 Å². The molecule has 0 aliphatic heterocycles. The number of aliphatic carboxylic acids is 1. The summed E-state index contributed by atoms with van der Waals surface area (Å²) in [6.07, 6.45) is 3.77. The van der Waals surface area contributed by atoms with Crippen LogP contribution in [-0.4, -0.2) is 41.8 Å². The van der Waals surface area contributed by atoms with Gasteiger partial charge in [-0.15, -0.1) is 0 Å². The highest BCUT2D eigenvalue weighted by molar-refractivity contribution is 5.80. The van der Waals surface area contributed by atoms with E-state index in [0.717, 1.165) is 30.4 Å². The molecule has 0 saturated heterocycles. The normalized spacial score (nSPS) is 19.8. The molecule has 4 rings (SSSR count). The number of ether oxygens (including phenoxy) is 1. The summed E-state index contributed by atoms with van der Waals surface area (Å²) < 4.78 is 5.64. The summed E-state index contributed by atoms with van der Waals surface area (Å²) in [5.41, 5.74) is 4.65. The van der Waals surface area contributed by atoms with E-state index in [1.807, 2.05) is 31.2 Å². The Kier molecular flexibility index (Phi) is 8.06. The van der Waals surface area contributed by atoms with Crippen molar-refractivity contribution in [1.29, 1.82) is 0 Å². The van der Waals surface area contributed by atoms with Crippen LogP contribution < -0.4 is 10.6 Å². The van der Waals surface area contributed by atoms with Crippen LogP contribution in [-0.2, 0) is 14.3 Å².